The van der Waals surface area contributed by atoms with E-state index in [4.69, 9.17) is 27.9 Å². The highest BCUT2D eigenvalue weighted by atomic mass is 35.5. The van der Waals surface area contributed by atoms with Crippen LogP contribution in [0.2, 0.25) is 10.0 Å². The second-order valence-corrected chi connectivity index (χ2v) is 9.27. The molecule has 2 N–H and O–H groups in total. The monoisotopic (exact) mass is 483 g/mol. The highest BCUT2D eigenvalue weighted by Crippen LogP contribution is 2.40. The summed E-state index contributed by atoms with van der Waals surface area (Å²) >= 11 is 12.8. The van der Waals surface area contributed by atoms with Gasteiger partial charge in [-0.1, -0.05) is 34.4 Å². The smallest absolute Gasteiger partial charge is 0.263 e. The van der Waals surface area contributed by atoms with Crippen LogP contribution < -0.4 is 14.8 Å². The lowest BCUT2D eigenvalue weighted by molar-refractivity contribution is -0.876. The normalized spacial score (nSPS) is 22.4. The van der Waals surface area contributed by atoms with Crippen molar-refractivity contribution in [2.75, 3.05) is 36.7 Å². The van der Waals surface area contributed by atoms with Gasteiger partial charge < -0.3 is 14.6 Å². The van der Waals surface area contributed by atoms with Crippen molar-refractivity contribution in [1.82, 2.24) is 9.97 Å². The van der Waals surface area contributed by atoms with Crippen LogP contribution in [0.3, 0.4) is 0 Å². The molecule has 33 heavy (non-hydrogen) atoms. The van der Waals surface area contributed by atoms with E-state index in [9.17, 15) is 4.79 Å². The zero-order valence-electron chi connectivity index (χ0n) is 17.8. The fourth-order valence-electron chi connectivity index (χ4n) is 4.71. The molecule has 5 heterocycles. The molecule has 3 aliphatic rings. The lowest BCUT2D eigenvalue weighted by atomic mass is 10.1. The Morgan fingerprint density at radius 3 is 2.82 bits per heavy atom. The van der Waals surface area contributed by atoms with Crippen LogP contribution >= 0.6 is 23.2 Å². The third kappa shape index (κ3) is 3.33. The number of nitrogens with one attached hydrogen (secondary N) is 2. The highest BCUT2D eigenvalue weighted by molar-refractivity contribution is 6.40. The van der Waals surface area contributed by atoms with Crippen molar-refractivity contribution in [1.29, 1.82) is 0 Å². The lowest BCUT2D eigenvalue weighted by Gasteiger charge is -2.36. The number of nitrogens with zero attached hydrogens (tertiary/aromatic N) is 4. The van der Waals surface area contributed by atoms with Gasteiger partial charge in [0.05, 0.1) is 57.7 Å². The molecule has 1 saturated heterocycles. The molecule has 6 rings (SSSR count). The Labute approximate surface area is 200 Å². The quantitative estimate of drug-likeness (QED) is 0.600. The number of para-hydroxylation sites is 1. The Morgan fingerprint density at radius 2 is 2.06 bits per heavy atom. The van der Waals surface area contributed by atoms with Crippen molar-refractivity contribution < 1.29 is 14.5 Å². The number of carbonyl (C=O) groups excluding carboxylic acids is 1. The highest BCUT2D eigenvalue weighted by Gasteiger charge is 2.34. The summed E-state index contributed by atoms with van der Waals surface area (Å²) in [7, 11) is 1.94. The predicted molar refractivity (Wildman–Crippen MR) is 129 cm³/mol. The van der Waals surface area contributed by atoms with Crippen molar-refractivity contribution in [3.63, 3.8) is 0 Å². The molecular formula is C23H21Cl2N6O2+. The van der Waals surface area contributed by atoms with E-state index in [0.717, 1.165) is 52.6 Å². The van der Waals surface area contributed by atoms with E-state index >= 15 is 0 Å². The van der Waals surface area contributed by atoms with E-state index in [-0.39, 0.29) is 5.91 Å². The van der Waals surface area contributed by atoms with Crippen LogP contribution in [0.25, 0.3) is 16.6 Å². The number of aromatic amines is 1. The van der Waals surface area contributed by atoms with Crippen LogP contribution in [0.15, 0.2) is 41.8 Å². The molecule has 168 valence electrons. The van der Waals surface area contributed by atoms with Crippen LogP contribution in [-0.2, 0) is 4.74 Å². The second-order valence-electron chi connectivity index (χ2n) is 8.45. The Hall–Kier alpha value is -2.91. The standard InChI is InChI=1S/C23H20Cl2N6O2/c1-29-12-30(21-17(24)3-2-4-18(21)25)23(32)16-9-26-22-15(20(16)29)7-19(28-22)13-8-27-31(10-13)14-5-6-33-11-14/h2-4,7-10,14H,5-6,11-12H2,1H3,(H,26,28)/p+1. The van der Waals surface area contributed by atoms with E-state index in [2.05, 4.69) is 21.3 Å². The Balaban J connectivity index is 1.38. The number of rotatable bonds is 3. The van der Waals surface area contributed by atoms with Crippen molar-refractivity contribution in [3.05, 3.63) is 58.0 Å². The van der Waals surface area contributed by atoms with Crippen LogP contribution in [0.1, 0.15) is 22.5 Å². The molecule has 0 saturated carbocycles. The van der Waals surface area contributed by atoms with Gasteiger partial charge in [-0.15, -0.1) is 0 Å². The number of H-pyrrole nitrogens is 1. The fourth-order valence-corrected chi connectivity index (χ4v) is 5.31. The number of aromatic nitrogens is 2. The summed E-state index contributed by atoms with van der Waals surface area (Å²) in [6, 6.07) is 7.60. The average molecular weight is 484 g/mol. The van der Waals surface area contributed by atoms with E-state index in [1.54, 1.807) is 29.3 Å². The molecule has 10 heteroatoms. The number of hydrogen-bond acceptors (Lipinski definition) is 5. The van der Waals surface area contributed by atoms with Crippen molar-refractivity contribution in [2.45, 2.75) is 12.5 Å². The zero-order valence-corrected chi connectivity index (χ0v) is 19.3. The van der Waals surface area contributed by atoms with Gasteiger partial charge >= 0.3 is 0 Å². The molecule has 3 aromatic rings. The molecule has 0 radical (unpaired) electrons. The first-order valence-electron chi connectivity index (χ1n) is 10.7. The molecule has 2 atom stereocenters. The molecule has 2 unspecified atom stereocenters. The molecular weight excluding hydrogens is 463 g/mol. The summed E-state index contributed by atoms with van der Waals surface area (Å²) in [4.78, 5) is 25.0. The third-order valence-electron chi connectivity index (χ3n) is 6.36. The number of allylic oxidation sites excluding steroid dienone is 1. The molecule has 1 fully saturated rings. The summed E-state index contributed by atoms with van der Waals surface area (Å²) in [6.07, 6.45) is 6.59. The third-order valence-corrected chi connectivity index (χ3v) is 6.97. The van der Waals surface area contributed by atoms with E-state index in [1.165, 1.54) is 0 Å². The van der Waals surface area contributed by atoms with E-state index < -0.39 is 0 Å². The van der Waals surface area contributed by atoms with Crippen molar-refractivity contribution in [2.24, 2.45) is 5.10 Å². The summed E-state index contributed by atoms with van der Waals surface area (Å²) in [5, 5.41) is 7.40. The Morgan fingerprint density at radius 1 is 1.24 bits per heavy atom. The maximum Gasteiger partial charge on any atom is 0.263 e. The number of amides is 1. The van der Waals surface area contributed by atoms with Gasteiger partial charge in [-0.05, 0) is 18.2 Å². The van der Waals surface area contributed by atoms with Gasteiger partial charge in [-0.2, -0.15) is 5.01 Å². The van der Waals surface area contributed by atoms with Crippen LogP contribution in [0.5, 0.6) is 0 Å². The molecule has 3 aliphatic heterocycles. The van der Waals surface area contributed by atoms with Crippen LogP contribution in [0, 0.1) is 0 Å². The van der Waals surface area contributed by atoms with Gasteiger partial charge in [0.25, 0.3) is 5.91 Å². The maximum atomic E-state index is 13.4. The lowest BCUT2D eigenvalue weighted by Crippen LogP contribution is -3.06. The number of anilines is 2. The molecule has 0 spiro atoms. The average Bonchev–Trinajstić information content (AvgIpc) is 3.56. The summed E-state index contributed by atoms with van der Waals surface area (Å²) in [6.45, 7) is 1.82. The van der Waals surface area contributed by atoms with Crippen LogP contribution in [0.4, 0.5) is 11.4 Å². The second kappa shape index (κ2) is 7.85. The number of pyridine rings is 1. The minimum atomic E-state index is -0.186. The minimum Gasteiger partial charge on any atom is -0.375 e. The van der Waals surface area contributed by atoms with Crippen LogP contribution in [-0.4, -0.2) is 55.1 Å². The number of fused-ring (bicyclic) bond motifs is 3. The maximum absolute atomic E-state index is 13.4. The predicted octanol–water partition coefficient (Wildman–Crippen LogP) is 2.94. The Bertz CT molecular complexity index is 1320. The van der Waals surface area contributed by atoms with E-state index in [1.807, 2.05) is 24.2 Å². The number of carbonyl (C=O) groups is 1. The number of hydrogen-bond donors (Lipinski definition) is 2. The molecule has 1 amide bonds. The van der Waals surface area contributed by atoms with Crippen molar-refractivity contribution >= 4 is 63.3 Å². The molecule has 2 aromatic heterocycles. The number of benzene rings is 1. The van der Waals surface area contributed by atoms with Gasteiger partial charge in [0.15, 0.2) is 0 Å². The molecule has 8 nitrogen and oxygen atoms in total. The summed E-state index contributed by atoms with van der Waals surface area (Å²) in [5.41, 5.74) is 4.47. The van der Waals surface area contributed by atoms with Gasteiger partial charge in [0.1, 0.15) is 24.5 Å². The molecule has 0 aliphatic carbocycles. The van der Waals surface area contributed by atoms with Gasteiger partial charge in [0.2, 0.25) is 0 Å². The zero-order chi connectivity index (χ0) is 22.7. The number of ether oxygens (including phenoxy) is 1. The Kier molecular flexibility index (Phi) is 4.92. The van der Waals surface area contributed by atoms with Gasteiger partial charge in [-0.25, -0.2) is 4.98 Å². The first-order chi connectivity index (χ1) is 16.0. The van der Waals surface area contributed by atoms with E-state index in [0.29, 0.717) is 34.0 Å². The van der Waals surface area contributed by atoms with Gasteiger partial charge in [0, 0.05) is 25.1 Å². The SMILES string of the molecule is CN1CN(c2c(Cl)cccc2Cl)C(=O)c2cnc3[nH]c(C4=C[NH+](C5CCOC5)N=C4)cc3c21. The van der Waals surface area contributed by atoms with Gasteiger partial charge in [-0.3, -0.25) is 9.69 Å². The molecule has 1 aromatic carbocycles. The topological polar surface area (TPSA) is 78.3 Å². The number of halogens is 2. The first-order valence-corrected chi connectivity index (χ1v) is 11.5. The summed E-state index contributed by atoms with van der Waals surface area (Å²) in [5.74, 6) is -0.186. The number of quaternary nitrogens is 1. The molecule has 0 bridgehead atoms. The largest absolute Gasteiger partial charge is 0.375 e. The van der Waals surface area contributed by atoms with Crippen molar-refractivity contribution in [3.8, 4) is 0 Å². The fraction of sp³-hybridized carbons (Fsp3) is 0.261. The first kappa shape index (κ1) is 20.7. The minimum absolute atomic E-state index is 0.186. The summed E-state index contributed by atoms with van der Waals surface area (Å²) < 4.78 is 5.50.